The first-order valence-corrected chi connectivity index (χ1v) is 12.8. The van der Waals surface area contributed by atoms with E-state index in [1.54, 1.807) is 11.8 Å². The van der Waals surface area contributed by atoms with Crippen LogP contribution < -0.4 is 4.90 Å². The van der Waals surface area contributed by atoms with E-state index in [1.807, 2.05) is 41.3 Å². The van der Waals surface area contributed by atoms with Crippen molar-refractivity contribution in [3.05, 3.63) is 106 Å². The van der Waals surface area contributed by atoms with Gasteiger partial charge in [-0.2, -0.15) is 0 Å². The molecule has 33 heavy (non-hydrogen) atoms. The molecule has 0 bridgehead atoms. The Hall–Kier alpha value is -2.96. The van der Waals surface area contributed by atoms with Gasteiger partial charge in [-0.3, -0.25) is 14.7 Å². The van der Waals surface area contributed by atoms with Crippen molar-refractivity contribution in [2.75, 3.05) is 18.0 Å². The Bertz CT molecular complexity index is 1210. The van der Waals surface area contributed by atoms with E-state index in [0.717, 1.165) is 33.6 Å². The summed E-state index contributed by atoms with van der Waals surface area (Å²) in [6.07, 6.45) is 0.797. The summed E-state index contributed by atoms with van der Waals surface area (Å²) in [7, 11) is 0. The molecule has 0 unspecified atom stereocenters. The minimum Gasteiger partial charge on any atom is -0.334 e. The van der Waals surface area contributed by atoms with E-state index in [9.17, 15) is 4.79 Å². The van der Waals surface area contributed by atoms with Gasteiger partial charge in [0.05, 0.1) is 12.2 Å². The van der Waals surface area contributed by atoms with Crippen molar-refractivity contribution in [3.63, 3.8) is 0 Å². The van der Waals surface area contributed by atoms with Gasteiger partial charge in [0.25, 0.3) is 5.91 Å². The molecule has 1 fully saturated rings. The molecule has 3 aromatic rings. The fraction of sp³-hybridized carbons (Fsp3) is 0.185. The van der Waals surface area contributed by atoms with E-state index in [1.165, 1.54) is 27.9 Å². The summed E-state index contributed by atoms with van der Waals surface area (Å²) in [5.74, 6) is 0.0523. The molecular formula is C27H25N3OS2. The molecule has 2 heterocycles. The highest BCUT2D eigenvalue weighted by Gasteiger charge is 2.39. The number of amidine groups is 1. The molecule has 2 aliphatic rings. The summed E-state index contributed by atoms with van der Waals surface area (Å²) < 4.78 is 0. The lowest BCUT2D eigenvalue weighted by Crippen LogP contribution is -2.32. The lowest BCUT2D eigenvalue weighted by molar-refractivity contribution is -0.122. The van der Waals surface area contributed by atoms with Crippen molar-refractivity contribution < 1.29 is 4.79 Å². The molecule has 166 valence electrons. The second-order valence-corrected chi connectivity index (χ2v) is 9.84. The molecule has 2 aliphatic heterocycles. The van der Waals surface area contributed by atoms with Gasteiger partial charge in [-0.15, -0.1) is 0 Å². The first-order chi connectivity index (χ1) is 16.2. The summed E-state index contributed by atoms with van der Waals surface area (Å²) in [6.45, 7) is 4.12. The third-order valence-corrected chi connectivity index (χ3v) is 8.10. The summed E-state index contributed by atoms with van der Waals surface area (Å²) in [5, 5.41) is 1.80. The van der Waals surface area contributed by atoms with Crippen LogP contribution in [-0.4, -0.2) is 29.1 Å². The number of aliphatic imine (C=N–C) groups is 1. The average Bonchev–Trinajstić information content (AvgIpc) is 3.39. The van der Waals surface area contributed by atoms with Crippen molar-refractivity contribution in [1.82, 2.24) is 4.90 Å². The number of hydrogen-bond acceptors (Lipinski definition) is 5. The SMILES string of the molecule is CCN1/C(=C2/SC(=NCc3ccccc3)N(CCc3ccccc3)C2=O)Sc2ccccc21. The number of carbonyl (C=O) groups is 1. The van der Waals surface area contributed by atoms with E-state index in [0.29, 0.717) is 13.1 Å². The summed E-state index contributed by atoms with van der Waals surface area (Å²) >= 11 is 3.20. The quantitative estimate of drug-likeness (QED) is 0.403. The number of rotatable bonds is 6. The molecular weight excluding hydrogens is 446 g/mol. The highest BCUT2D eigenvalue weighted by molar-refractivity contribution is 8.19. The number of amides is 1. The van der Waals surface area contributed by atoms with Crippen molar-refractivity contribution >= 4 is 40.3 Å². The van der Waals surface area contributed by atoms with Gasteiger partial charge in [-0.1, -0.05) is 84.6 Å². The normalized spacial score (nSPS) is 18.9. The maximum absolute atomic E-state index is 13.7. The Kier molecular flexibility index (Phi) is 6.55. The summed E-state index contributed by atoms with van der Waals surface area (Å²) in [5.41, 5.74) is 3.53. The zero-order chi connectivity index (χ0) is 22.6. The molecule has 0 saturated carbocycles. The monoisotopic (exact) mass is 471 g/mol. The van der Waals surface area contributed by atoms with Crippen LogP contribution in [0.15, 0.2) is 105 Å². The molecule has 0 atom stereocenters. The predicted molar refractivity (Wildman–Crippen MR) is 139 cm³/mol. The lowest BCUT2D eigenvalue weighted by atomic mass is 10.1. The second kappa shape index (κ2) is 9.89. The van der Waals surface area contributed by atoms with E-state index in [2.05, 4.69) is 60.4 Å². The topological polar surface area (TPSA) is 35.9 Å². The first-order valence-electron chi connectivity index (χ1n) is 11.2. The zero-order valence-electron chi connectivity index (χ0n) is 18.5. The van der Waals surface area contributed by atoms with Crippen LogP contribution in [0.5, 0.6) is 0 Å². The van der Waals surface area contributed by atoms with Crippen LogP contribution in [0, 0.1) is 0 Å². The Balaban J connectivity index is 1.46. The highest BCUT2D eigenvalue weighted by atomic mass is 32.2. The molecule has 0 aromatic heterocycles. The third-order valence-electron chi connectivity index (χ3n) is 5.69. The number of para-hydroxylation sites is 1. The Labute approximate surface area is 203 Å². The standard InChI is InChI=1S/C27H25N3OS2/c1-2-29-22-15-9-10-16-23(22)32-26(29)24-25(31)30(18-17-20-11-5-3-6-12-20)27(33-24)28-19-21-13-7-4-8-14-21/h3-16H,2,17-19H2,1H3/b26-24-,28-27?. The maximum atomic E-state index is 13.7. The fourth-order valence-corrected chi connectivity index (χ4v) is 6.39. The number of thioether (sulfide) groups is 2. The Morgan fingerprint density at radius 3 is 2.18 bits per heavy atom. The molecule has 1 saturated heterocycles. The van der Waals surface area contributed by atoms with Crippen molar-refractivity contribution in [2.24, 2.45) is 4.99 Å². The smallest absolute Gasteiger partial charge is 0.269 e. The van der Waals surface area contributed by atoms with Crippen molar-refractivity contribution in [2.45, 2.75) is 24.8 Å². The summed E-state index contributed by atoms with van der Waals surface area (Å²) in [4.78, 5) is 24.6. The minimum absolute atomic E-state index is 0.0523. The van der Waals surface area contributed by atoms with E-state index in [-0.39, 0.29) is 5.91 Å². The molecule has 4 nitrogen and oxygen atoms in total. The van der Waals surface area contributed by atoms with Crippen LogP contribution in [0.25, 0.3) is 0 Å². The van der Waals surface area contributed by atoms with Crippen molar-refractivity contribution in [3.8, 4) is 0 Å². The number of benzene rings is 3. The Morgan fingerprint density at radius 1 is 0.788 bits per heavy atom. The van der Waals surface area contributed by atoms with Gasteiger partial charge in [-0.05, 0) is 48.4 Å². The molecule has 1 amide bonds. The van der Waals surface area contributed by atoms with E-state index >= 15 is 0 Å². The molecule has 6 heteroatoms. The third kappa shape index (κ3) is 4.59. The van der Waals surface area contributed by atoms with Crippen LogP contribution in [-0.2, 0) is 17.8 Å². The van der Waals surface area contributed by atoms with Gasteiger partial charge in [0.15, 0.2) is 5.17 Å². The van der Waals surface area contributed by atoms with Gasteiger partial charge < -0.3 is 4.90 Å². The van der Waals surface area contributed by atoms with Crippen LogP contribution in [0.3, 0.4) is 0 Å². The van der Waals surface area contributed by atoms with Gasteiger partial charge in [0.1, 0.15) is 9.93 Å². The average molecular weight is 472 g/mol. The molecule has 0 radical (unpaired) electrons. The van der Waals surface area contributed by atoms with Crippen LogP contribution in [0.2, 0.25) is 0 Å². The highest BCUT2D eigenvalue weighted by Crippen LogP contribution is 2.50. The maximum Gasteiger partial charge on any atom is 0.269 e. The second-order valence-electron chi connectivity index (χ2n) is 7.83. The fourth-order valence-electron chi connectivity index (χ4n) is 4.00. The first kappa shape index (κ1) is 21.9. The molecule has 0 spiro atoms. The number of carbonyl (C=O) groups excluding carboxylic acids is 1. The van der Waals surface area contributed by atoms with Gasteiger partial charge >= 0.3 is 0 Å². The predicted octanol–water partition coefficient (Wildman–Crippen LogP) is 6.16. The number of anilines is 1. The van der Waals surface area contributed by atoms with Crippen LogP contribution in [0.4, 0.5) is 5.69 Å². The number of nitrogens with zero attached hydrogens (tertiary/aromatic N) is 3. The van der Waals surface area contributed by atoms with Crippen LogP contribution in [0.1, 0.15) is 18.1 Å². The molecule has 3 aromatic carbocycles. The van der Waals surface area contributed by atoms with E-state index in [4.69, 9.17) is 4.99 Å². The largest absolute Gasteiger partial charge is 0.334 e. The minimum atomic E-state index is 0.0523. The number of fused-ring (bicyclic) bond motifs is 1. The summed E-state index contributed by atoms with van der Waals surface area (Å²) in [6, 6.07) is 28.9. The van der Waals surface area contributed by atoms with Crippen molar-refractivity contribution in [1.29, 1.82) is 0 Å². The van der Waals surface area contributed by atoms with Crippen LogP contribution >= 0.6 is 23.5 Å². The van der Waals surface area contributed by atoms with Gasteiger partial charge in [0.2, 0.25) is 0 Å². The Morgan fingerprint density at radius 2 is 1.45 bits per heavy atom. The van der Waals surface area contributed by atoms with Gasteiger partial charge in [-0.25, -0.2) is 0 Å². The molecule has 5 rings (SSSR count). The zero-order valence-corrected chi connectivity index (χ0v) is 20.1. The lowest BCUT2D eigenvalue weighted by Gasteiger charge is -2.19. The molecule has 0 aliphatic carbocycles. The molecule has 0 N–H and O–H groups in total. The van der Waals surface area contributed by atoms with E-state index < -0.39 is 0 Å². The van der Waals surface area contributed by atoms with Gasteiger partial charge in [0, 0.05) is 18.0 Å². The number of hydrogen-bond donors (Lipinski definition) is 0.